The van der Waals surface area contributed by atoms with Crippen LogP contribution in [0.5, 0.6) is 0 Å². The fourth-order valence-corrected chi connectivity index (χ4v) is 4.95. The molecule has 3 aliphatic rings. The maximum Gasteiger partial charge on any atom is 0.341 e. The third-order valence-electron chi connectivity index (χ3n) is 6.51. The molecule has 0 bridgehead atoms. The highest BCUT2D eigenvalue weighted by Crippen LogP contribution is 2.45. The summed E-state index contributed by atoms with van der Waals surface area (Å²) in [6.07, 6.45) is 7.61. The van der Waals surface area contributed by atoms with E-state index in [1.54, 1.807) is 25.3 Å². The number of hydrogen-bond acceptors (Lipinski definition) is 6. The molecule has 1 spiro atoms. The first-order valence-electron chi connectivity index (χ1n) is 10.6. The number of carbonyl (C=O) groups excluding carboxylic acids is 1. The Labute approximate surface area is 169 Å². The number of nitrogens with one attached hydrogen (secondary N) is 1. The van der Waals surface area contributed by atoms with E-state index in [4.69, 9.17) is 9.72 Å². The van der Waals surface area contributed by atoms with Crippen molar-refractivity contribution in [1.82, 2.24) is 15.0 Å². The molecular formula is C22H26N4O3. The number of fused-ring (bicyclic) bond motifs is 2. The lowest BCUT2D eigenvalue weighted by molar-refractivity contribution is 0.0526. The third-order valence-corrected chi connectivity index (χ3v) is 6.51. The Kier molecular flexibility index (Phi) is 4.41. The van der Waals surface area contributed by atoms with Gasteiger partial charge < -0.3 is 14.6 Å². The first-order chi connectivity index (χ1) is 14.1. The largest absolute Gasteiger partial charge is 0.462 e. The lowest BCUT2D eigenvalue weighted by Gasteiger charge is -2.41. The van der Waals surface area contributed by atoms with E-state index in [0.717, 1.165) is 68.7 Å². The summed E-state index contributed by atoms with van der Waals surface area (Å²) in [6.45, 7) is 3.70. The molecule has 3 heterocycles. The summed E-state index contributed by atoms with van der Waals surface area (Å²) < 4.78 is 5.23. The van der Waals surface area contributed by atoms with Gasteiger partial charge in [0.1, 0.15) is 17.2 Å². The molecule has 1 N–H and O–H groups in total. The van der Waals surface area contributed by atoms with Crippen LogP contribution in [-0.2, 0) is 16.6 Å². The van der Waals surface area contributed by atoms with Crippen molar-refractivity contribution < 1.29 is 9.53 Å². The van der Waals surface area contributed by atoms with Crippen LogP contribution in [-0.4, -0.2) is 40.6 Å². The van der Waals surface area contributed by atoms with Crippen molar-refractivity contribution in [2.24, 2.45) is 0 Å². The molecule has 5 rings (SSSR count). The Bertz CT molecular complexity index is 1010. The number of esters is 1. The Hall–Kier alpha value is -2.70. The van der Waals surface area contributed by atoms with E-state index in [0.29, 0.717) is 23.9 Å². The number of pyridine rings is 1. The molecule has 1 saturated heterocycles. The van der Waals surface area contributed by atoms with Gasteiger partial charge in [-0.15, -0.1) is 0 Å². The number of hydrogen-bond donors (Lipinski definition) is 1. The molecule has 2 aromatic rings. The first kappa shape index (κ1) is 18.3. The van der Waals surface area contributed by atoms with Gasteiger partial charge in [-0.1, -0.05) is 0 Å². The highest BCUT2D eigenvalue weighted by molar-refractivity contribution is 5.94. The minimum Gasteiger partial charge on any atom is -0.462 e. The van der Waals surface area contributed by atoms with Gasteiger partial charge in [-0.05, 0) is 57.6 Å². The van der Waals surface area contributed by atoms with E-state index in [2.05, 4.69) is 14.9 Å². The molecule has 29 heavy (non-hydrogen) atoms. The van der Waals surface area contributed by atoms with E-state index in [-0.39, 0.29) is 16.9 Å². The lowest BCUT2D eigenvalue weighted by atomic mass is 9.77. The van der Waals surface area contributed by atoms with Gasteiger partial charge in [0, 0.05) is 36.2 Å². The molecule has 2 fully saturated rings. The summed E-state index contributed by atoms with van der Waals surface area (Å²) in [5.74, 6) is 1.60. The average molecular weight is 394 g/mol. The zero-order valence-corrected chi connectivity index (χ0v) is 16.7. The van der Waals surface area contributed by atoms with Gasteiger partial charge in [-0.2, -0.15) is 0 Å². The molecule has 152 valence electrons. The number of rotatable bonds is 4. The van der Waals surface area contributed by atoms with Gasteiger partial charge in [0.25, 0.3) is 5.56 Å². The normalized spacial score (nSPS) is 23.3. The summed E-state index contributed by atoms with van der Waals surface area (Å²) in [7, 11) is 0. The van der Waals surface area contributed by atoms with Crippen molar-refractivity contribution in [3.8, 4) is 0 Å². The fraction of sp³-hybridized carbons (Fsp3) is 0.545. The van der Waals surface area contributed by atoms with Crippen molar-refractivity contribution in [3.63, 3.8) is 0 Å². The minimum absolute atomic E-state index is 0.0379. The Morgan fingerprint density at radius 2 is 2.24 bits per heavy atom. The Morgan fingerprint density at radius 1 is 1.38 bits per heavy atom. The topological polar surface area (TPSA) is 88.2 Å². The van der Waals surface area contributed by atoms with Crippen LogP contribution in [0.15, 0.2) is 23.1 Å². The molecule has 0 radical (unpaired) electrons. The second-order valence-electron chi connectivity index (χ2n) is 8.45. The SMILES string of the molecule is CCOC(=O)c1cccnc1N1CCCC2(CCc3c2nc(C2CC2)[nH]c3=O)C1. The molecule has 2 aromatic heterocycles. The predicted octanol–water partition coefficient (Wildman–Crippen LogP) is 2.70. The number of anilines is 1. The predicted molar refractivity (Wildman–Crippen MR) is 108 cm³/mol. The van der Waals surface area contributed by atoms with Crippen LogP contribution in [0.25, 0.3) is 0 Å². The van der Waals surface area contributed by atoms with E-state index >= 15 is 0 Å². The van der Waals surface area contributed by atoms with Crippen molar-refractivity contribution in [2.45, 2.75) is 56.8 Å². The summed E-state index contributed by atoms with van der Waals surface area (Å²) >= 11 is 0. The van der Waals surface area contributed by atoms with Gasteiger partial charge in [-0.25, -0.2) is 14.8 Å². The van der Waals surface area contributed by atoms with Crippen LogP contribution < -0.4 is 10.5 Å². The molecule has 2 aliphatic carbocycles. The van der Waals surface area contributed by atoms with Gasteiger partial charge >= 0.3 is 5.97 Å². The maximum atomic E-state index is 12.7. The van der Waals surface area contributed by atoms with E-state index in [1.807, 2.05) is 0 Å². The lowest BCUT2D eigenvalue weighted by Crippen LogP contribution is -2.46. The van der Waals surface area contributed by atoms with E-state index < -0.39 is 0 Å². The van der Waals surface area contributed by atoms with Crippen molar-refractivity contribution in [2.75, 3.05) is 24.6 Å². The molecule has 1 atom stereocenters. The second-order valence-corrected chi connectivity index (χ2v) is 8.45. The summed E-state index contributed by atoms with van der Waals surface area (Å²) in [5, 5.41) is 0. The number of aromatic amines is 1. The quantitative estimate of drug-likeness (QED) is 0.802. The van der Waals surface area contributed by atoms with Gasteiger partial charge in [0.05, 0.1) is 12.3 Å². The summed E-state index contributed by atoms with van der Waals surface area (Å²) in [6, 6.07) is 3.54. The van der Waals surface area contributed by atoms with E-state index in [1.165, 1.54) is 0 Å². The van der Waals surface area contributed by atoms with Crippen LogP contribution in [0.2, 0.25) is 0 Å². The number of aromatic nitrogens is 3. The monoisotopic (exact) mass is 394 g/mol. The third kappa shape index (κ3) is 3.12. The maximum absolute atomic E-state index is 12.7. The smallest absolute Gasteiger partial charge is 0.341 e. The first-order valence-corrected chi connectivity index (χ1v) is 10.6. The number of ether oxygens (including phenoxy) is 1. The average Bonchev–Trinajstić information content (AvgIpc) is 3.53. The number of carbonyl (C=O) groups is 1. The van der Waals surface area contributed by atoms with E-state index in [9.17, 15) is 9.59 Å². The summed E-state index contributed by atoms with van der Waals surface area (Å²) in [4.78, 5) is 39.8. The number of piperidine rings is 1. The zero-order valence-electron chi connectivity index (χ0n) is 16.7. The van der Waals surface area contributed by atoms with Crippen LogP contribution >= 0.6 is 0 Å². The van der Waals surface area contributed by atoms with Crippen molar-refractivity contribution in [1.29, 1.82) is 0 Å². The molecule has 1 unspecified atom stereocenters. The van der Waals surface area contributed by atoms with Crippen molar-refractivity contribution >= 4 is 11.8 Å². The number of nitrogens with zero attached hydrogens (tertiary/aromatic N) is 3. The highest BCUT2D eigenvalue weighted by Gasteiger charge is 2.46. The van der Waals surface area contributed by atoms with Gasteiger partial charge in [0.2, 0.25) is 0 Å². The fourth-order valence-electron chi connectivity index (χ4n) is 4.95. The Morgan fingerprint density at radius 3 is 3.03 bits per heavy atom. The summed E-state index contributed by atoms with van der Waals surface area (Å²) in [5.41, 5.74) is 2.23. The molecule has 7 nitrogen and oxygen atoms in total. The molecule has 0 aromatic carbocycles. The molecular weight excluding hydrogens is 368 g/mol. The molecule has 0 amide bonds. The number of H-pyrrole nitrogens is 1. The highest BCUT2D eigenvalue weighted by atomic mass is 16.5. The molecule has 1 aliphatic heterocycles. The van der Waals surface area contributed by atoms with Crippen LogP contribution in [0.4, 0.5) is 5.82 Å². The molecule has 1 saturated carbocycles. The zero-order chi connectivity index (χ0) is 20.0. The minimum atomic E-state index is -0.340. The standard InChI is InChI=1S/C22H26N4O3/c1-2-29-21(28)16-5-3-11-23-19(16)26-12-4-9-22(13-26)10-8-15-17(22)24-18(14-6-7-14)25-20(15)27/h3,5,11,14H,2,4,6-10,12-13H2,1H3,(H,24,25,27). The van der Waals surface area contributed by atoms with Crippen molar-refractivity contribution in [3.05, 3.63) is 51.3 Å². The second kappa shape index (κ2) is 6.97. The molecule has 7 heteroatoms. The van der Waals surface area contributed by atoms with Gasteiger partial charge in [-0.3, -0.25) is 4.79 Å². The van der Waals surface area contributed by atoms with Crippen LogP contribution in [0.3, 0.4) is 0 Å². The van der Waals surface area contributed by atoms with Gasteiger partial charge in [0.15, 0.2) is 0 Å². The Balaban J connectivity index is 1.51. The van der Waals surface area contributed by atoms with Crippen LogP contribution in [0.1, 0.15) is 72.4 Å². The van der Waals surface area contributed by atoms with Crippen LogP contribution in [0, 0.1) is 0 Å².